The maximum atomic E-state index is 13.0. The van der Waals surface area contributed by atoms with Crippen molar-refractivity contribution in [3.8, 4) is 0 Å². The molecular weight excluding hydrogens is 984 g/mol. The molecule has 3 N–H and O–H groups in total. The summed E-state index contributed by atoms with van der Waals surface area (Å²) in [5.41, 5.74) is 0. The van der Waals surface area contributed by atoms with Gasteiger partial charge in [-0.05, 0) is 103 Å². The summed E-state index contributed by atoms with van der Waals surface area (Å²) in [5, 5.41) is 13.9. The van der Waals surface area contributed by atoms with E-state index >= 15 is 0 Å². The third-order valence-electron chi connectivity index (χ3n) is 13.1. The van der Waals surface area contributed by atoms with Crippen molar-refractivity contribution in [3.63, 3.8) is 0 Å². The Hall–Kier alpha value is -3.62. The number of hydrogen-bond donors (Lipinski definition) is 3. The van der Waals surface area contributed by atoms with Crippen molar-refractivity contribution in [1.29, 1.82) is 0 Å². The molecule has 0 aliphatic carbocycles. The van der Waals surface area contributed by atoms with E-state index in [1.807, 2.05) is 27.2 Å². The average Bonchev–Trinajstić information content (AvgIpc) is 3.41. The lowest BCUT2D eigenvalue weighted by Gasteiger charge is -2.25. The van der Waals surface area contributed by atoms with E-state index in [0.717, 1.165) is 122 Å². The smallest absolute Gasteiger partial charge is 0.387 e. The van der Waals surface area contributed by atoms with Gasteiger partial charge in [0.15, 0.2) is 0 Å². The molecule has 0 aromatic rings. The first-order chi connectivity index (χ1) is 38.0. The number of aliphatic hydroxyl groups is 1. The topological polar surface area (TPSA) is 105 Å². The Labute approximate surface area is 480 Å². The zero-order chi connectivity index (χ0) is 57.0. The summed E-state index contributed by atoms with van der Waals surface area (Å²) >= 11 is 0. The van der Waals surface area contributed by atoms with Gasteiger partial charge in [-0.2, -0.15) is 0 Å². The number of likely N-dealkylation sites (N-methyl/N-ethyl adjacent to an activating group) is 1. The van der Waals surface area contributed by atoms with E-state index < -0.39 is 20.0 Å². The van der Waals surface area contributed by atoms with Gasteiger partial charge >= 0.3 is 7.82 Å². The second-order valence-corrected chi connectivity index (χ2v) is 23.2. The molecule has 0 bridgehead atoms. The first-order valence-corrected chi connectivity index (χ1v) is 32.7. The summed E-state index contributed by atoms with van der Waals surface area (Å²) in [5.74, 6) is -0.194. The molecule has 3 atom stereocenters. The Bertz CT molecular complexity index is 1780. The van der Waals surface area contributed by atoms with Crippen LogP contribution in [0.15, 0.2) is 146 Å². The van der Waals surface area contributed by atoms with Gasteiger partial charge in [0.25, 0.3) is 0 Å². The quantitative estimate of drug-likeness (QED) is 0.0243. The van der Waals surface area contributed by atoms with E-state index in [0.29, 0.717) is 17.4 Å². The summed E-state index contributed by atoms with van der Waals surface area (Å²) in [6, 6.07) is -0.863. The van der Waals surface area contributed by atoms with Crippen LogP contribution in [0.4, 0.5) is 0 Å². The number of phosphoric ester groups is 1. The summed E-state index contributed by atoms with van der Waals surface area (Å²) in [4.78, 5) is 23.3. The number of carbonyl (C=O) groups is 1. The molecule has 3 unspecified atom stereocenters. The zero-order valence-electron chi connectivity index (χ0n) is 50.6. The van der Waals surface area contributed by atoms with E-state index in [1.54, 1.807) is 6.08 Å². The van der Waals surface area contributed by atoms with Crippen molar-refractivity contribution in [2.45, 2.75) is 244 Å². The fourth-order valence-electron chi connectivity index (χ4n) is 8.22. The number of phosphoric acid groups is 1. The maximum absolute atomic E-state index is 13.0. The number of rotatable bonds is 55. The average molecular weight is 1100 g/mol. The molecular formula is C69H118N2O6P+. The fourth-order valence-corrected chi connectivity index (χ4v) is 8.96. The minimum absolute atomic E-state index is 0.0523. The molecule has 444 valence electrons. The molecule has 0 fully saturated rings. The number of amides is 1. The van der Waals surface area contributed by atoms with Gasteiger partial charge < -0.3 is 19.8 Å². The predicted octanol–water partition coefficient (Wildman–Crippen LogP) is 19.6. The Morgan fingerprint density at radius 3 is 1.13 bits per heavy atom. The van der Waals surface area contributed by atoms with Crippen LogP contribution in [0.3, 0.4) is 0 Å². The number of aliphatic hydroxyl groups excluding tert-OH is 1. The van der Waals surface area contributed by atoms with Gasteiger partial charge in [0.2, 0.25) is 5.91 Å². The van der Waals surface area contributed by atoms with E-state index in [1.165, 1.54) is 89.9 Å². The van der Waals surface area contributed by atoms with Crippen LogP contribution < -0.4 is 5.32 Å². The lowest BCUT2D eigenvalue weighted by Crippen LogP contribution is -2.45. The Balaban J connectivity index is 4.15. The summed E-state index contributed by atoms with van der Waals surface area (Å²) < 4.78 is 23.7. The van der Waals surface area contributed by atoms with Crippen molar-refractivity contribution < 1.29 is 32.9 Å². The van der Waals surface area contributed by atoms with Crippen molar-refractivity contribution in [1.82, 2.24) is 5.32 Å². The number of unbranched alkanes of at least 4 members (excludes halogenated alkanes) is 20. The molecule has 0 saturated carbocycles. The highest BCUT2D eigenvalue weighted by atomic mass is 31.2. The second-order valence-electron chi connectivity index (χ2n) is 21.7. The number of carbonyl (C=O) groups excluding carboxylic acids is 1. The highest BCUT2D eigenvalue weighted by molar-refractivity contribution is 7.47. The number of nitrogens with one attached hydrogen (secondary N) is 1. The molecule has 0 spiro atoms. The third-order valence-corrected chi connectivity index (χ3v) is 14.0. The first kappa shape index (κ1) is 74.4. The molecule has 78 heavy (non-hydrogen) atoms. The molecule has 0 radical (unpaired) electrons. The van der Waals surface area contributed by atoms with Gasteiger partial charge in [0.05, 0.1) is 39.9 Å². The maximum Gasteiger partial charge on any atom is 0.472 e. The van der Waals surface area contributed by atoms with Crippen molar-refractivity contribution in [2.24, 2.45) is 0 Å². The third kappa shape index (κ3) is 60.0. The molecule has 9 heteroatoms. The van der Waals surface area contributed by atoms with Crippen LogP contribution in [0.25, 0.3) is 0 Å². The van der Waals surface area contributed by atoms with E-state index in [4.69, 9.17) is 9.05 Å². The Kier molecular flexibility index (Phi) is 55.4. The van der Waals surface area contributed by atoms with Gasteiger partial charge in [-0.3, -0.25) is 13.8 Å². The van der Waals surface area contributed by atoms with Crippen LogP contribution >= 0.6 is 7.82 Å². The Morgan fingerprint density at radius 1 is 0.449 bits per heavy atom. The van der Waals surface area contributed by atoms with Gasteiger partial charge in [0, 0.05) is 6.42 Å². The monoisotopic (exact) mass is 1100 g/mol. The molecule has 0 aliphatic heterocycles. The molecule has 1 amide bonds. The van der Waals surface area contributed by atoms with Crippen LogP contribution in [-0.2, 0) is 18.4 Å². The summed E-state index contributed by atoms with van der Waals surface area (Å²) in [6.45, 7) is 4.68. The number of nitrogens with zero attached hydrogens (tertiary/aromatic N) is 1. The summed E-state index contributed by atoms with van der Waals surface area (Å²) in [6.07, 6.45) is 89.6. The van der Waals surface area contributed by atoms with Crippen LogP contribution in [-0.4, -0.2) is 73.4 Å². The van der Waals surface area contributed by atoms with E-state index in [9.17, 15) is 19.4 Å². The van der Waals surface area contributed by atoms with Gasteiger partial charge in [-0.25, -0.2) is 4.57 Å². The molecule has 0 aliphatic rings. The summed E-state index contributed by atoms with van der Waals surface area (Å²) in [7, 11) is 1.55. The predicted molar refractivity (Wildman–Crippen MR) is 341 cm³/mol. The van der Waals surface area contributed by atoms with Crippen LogP contribution in [0.5, 0.6) is 0 Å². The SMILES string of the molecule is CC/C=C\C/C=C\C/C=C\C/C=C\C/C=C\C/C=C\C/C=C\C/C=C\C/C=C\C/C=C\C/C=C\CCCCCCCCCC(=O)NC(COP(=O)(O)OCC[N+](C)(C)C)C(O)/C=C/CCCCCCCCCCCCCCC. The Morgan fingerprint density at radius 2 is 0.769 bits per heavy atom. The molecule has 0 saturated heterocycles. The lowest BCUT2D eigenvalue weighted by atomic mass is 10.0. The van der Waals surface area contributed by atoms with Crippen LogP contribution in [0.2, 0.25) is 0 Å². The highest BCUT2D eigenvalue weighted by Gasteiger charge is 2.27. The standard InChI is InChI=1S/C69H117N2O6P/c1-6-8-10-12-14-16-18-20-22-23-24-25-26-27-28-29-30-31-32-33-34-35-36-37-38-39-40-41-42-43-44-45-46-47-49-51-53-55-57-59-61-63-69(73)70-67(66-77-78(74,75)76-65-64-71(3,4)5)68(72)62-60-58-56-54-52-50-48-21-19-17-15-13-11-9-7-2/h8,10,14,16,20,22,24-25,27-28,30-31,33-34,36-37,39-40,42-43,45-46,60,62,67-68,72H,6-7,9,11-13,15,17-19,21,23,26,29,32,35,38,41,44,47-59,61,63-66H2,1-5H3,(H-,70,73,74,75)/p+1/b10-8-,16-14-,22-20-,25-24-,28-27-,31-30-,34-33-,37-36-,40-39-,43-42-,46-45-,62-60+. The molecule has 0 aromatic carbocycles. The minimum atomic E-state index is -4.36. The molecule has 0 aromatic heterocycles. The van der Waals surface area contributed by atoms with Crippen LogP contribution in [0.1, 0.15) is 232 Å². The lowest BCUT2D eigenvalue weighted by molar-refractivity contribution is -0.870. The van der Waals surface area contributed by atoms with Gasteiger partial charge in [-0.15, -0.1) is 0 Å². The number of allylic oxidation sites excluding steroid dienone is 23. The van der Waals surface area contributed by atoms with Crippen molar-refractivity contribution in [2.75, 3.05) is 40.9 Å². The normalized spacial score (nSPS) is 14.8. The molecule has 8 nitrogen and oxygen atoms in total. The van der Waals surface area contributed by atoms with Gasteiger partial charge in [0.1, 0.15) is 13.2 Å². The first-order valence-electron chi connectivity index (χ1n) is 31.2. The van der Waals surface area contributed by atoms with Crippen LogP contribution in [0, 0.1) is 0 Å². The molecule has 0 heterocycles. The highest BCUT2D eigenvalue weighted by Crippen LogP contribution is 2.43. The number of hydrogen-bond acceptors (Lipinski definition) is 5. The fraction of sp³-hybridized carbons (Fsp3) is 0.638. The van der Waals surface area contributed by atoms with Crippen molar-refractivity contribution >= 4 is 13.7 Å². The van der Waals surface area contributed by atoms with Crippen molar-refractivity contribution in [3.05, 3.63) is 146 Å². The largest absolute Gasteiger partial charge is 0.472 e. The number of quaternary nitrogens is 1. The van der Waals surface area contributed by atoms with E-state index in [2.05, 4.69) is 153 Å². The second kappa shape index (κ2) is 58.0. The van der Waals surface area contributed by atoms with E-state index in [-0.39, 0.29) is 19.1 Å². The van der Waals surface area contributed by atoms with Gasteiger partial charge in [-0.1, -0.05) is 269 Å². The zero-order valence-corrected chi connectivity index (χ0v) is 51.5. The minimum Gasteiger partial charge on any atom is -0.387 e. The molecule has 0 rings (SSSR count).